The van der Waals surface area contributed by atoms with Gasteiger partial charge in [0, 0.05) is 6.04 Å². The van der Waals surface area contributed by atoms with E-state index in [1.807, 2.05) is 0 Å². The van der Waals surface area contributed by atoms with Crippen LogP contribution in [0.4, 0.5) is 11.8 Å². The summed E-state index contributed by atoms with van der Waals surface area (Å²) in [6.07, 6.45) is 2.89. The maximum absolute atomic E-state index is 9.06. The number of anilines is 2. The van der Waals surface area contributed by atoms with Crippen molar-refractivity contribution in [2.45, 2.75) is 31.4 Å². The van der Waals surface area contributed by atoms with E-state index in [0.717, 1.165) is 12.8 Å². The smallest absolute Gasteiger partial charge is 0.224 e. The van der Waals surface area contributed by atoms with Crippen molar-refractivity contribution in [2.24, 2.45) is 0 Å². The van der Waals surface area contributed by atoms with Gasteiger partial charge in [-0.05, 0) is 12.8 Å². The molecule has 1 unspecified atom stereocenters. The van der Waals surface area contributed by atoms with Crippen molar-refractivity contribution in [1.29, 1.82) is 0 Å². The van der Waals surface area contributed by atoms with Crippen LogP contribution in [-0.4, -0.2) is 50.2 Å². The Kier molecular flexibility index (Phi) is 2.91. The molecule has 2 atom stereocenters. The molecule has 0 bridgehead atoms. The van der Waals surface area contributed by atoms with Crippen LogP contribution in [0.5, 0.6) is 0 Å². The van der Waals surface area contributed by atoms with Crippen molar-refractivity contribution in [3.05, 3.63) is 6.33 Å². The molecule has 0 aromatic carbocycles. The van der Waals surface area contributed by atoms with E-state index in [1.54, 1.807) is 10.9 Å². The fourth-order valence-corrected chi connectivity index (χ4v) is 2.35. The quantitative estimate of drug-likeness (QED) is 0.711. The summed E-state index contributed by atoms with van der Waals surface area (Å²) in [6, 6.07) is 0.442. The molecule has 2 aromatic rings. The standard InChI is InChI=1S/C12H16N6O3/c13-12-16-10(15-6-1-2-6)9-11(17-12)18(5-14-9)7-4-20-8(3-19)21-7/h5-8,19H,1-4H2,(H3,13,15,16,17)/t7?,8-/m1/s1. The number of aromatic nitrogens is 4. The van der Waals surface area contributed by atoms with Crippen LogP contribution in [0.25, 0.3) is 11.2 Å². The number of aliphatic hydroxyl groups excluding tert-OH is 1. The third-order valence-corrected chi connectivity index (χ3v) is 3.55. The zero-order valence-electron chi connectivity index (χ0n) is 11.3. The minimum atomic E-state index is -0.615. The van der Waals surface area contributed by atoms with Crippen LogP contribution in [-0.2, 0) is 9.47 Å². The average Bonchev–Trinajstić information content (AvgIpc) is 3.01. The number of nitrogens with zero attached hydrogens (tertiary/aromatic N) is 4. The van der Waals surface area contributed by atoms with E-state index in [0.29, 0.717) is 29.6 Å². The molecule has 1 saturated carbocycles. The minimum Gasteiger partial charge on any atom is -0.391 e. The first-order valence-electron chi connectivity index (χ1n) is 6.89. The molecular formula is C12H16N6O3. The molecular weight excluding hydrogens is 276 g/mol. The first-order chi connectivity index (χ1) is 10.2. The summed E-state index contributed by atoms with van der Waals surface area (Å²) in [4.78, 5) is 12.8. The SMILES string of the molecule is Nc1nc(NC2CC2)c2ncn(C3CO[C@@H](CO)O3)c2n1. The molecule has 0 radical (unpaired) electrons. The first kappa shape index (κ1) is 12.7. The van der Waals surface area contributed by atoms with Crippen LogP contribution in [0.15, 0.2) is 6.33 Å². The highest BCUT2D eigenvalue weighted by atomic mass is 16.7. The van der Waals surface area contributed by atoms with Crippen LogP contribution in [0.3, 0.4) is 0 Å². The molecule has 2 aromatic heterocycles. The van der Waals surface area contributed by atoms with Gasteiger partial charge < -0.3 is 25.6 Å². The maximum atomic E-state index is 9.06. The predicted molar refractivity (Wildman–Crippen MR) is 73.3 cm³/mol. The molecule has 21 heavy (non-hydrogen) atoms. The normalized spacial score (nSPS) is 25.6. The Morgan fingerprint density at radius 1 is 1.43 bits per heavy atom. The molecule has 2 aliphatic rings. The van der Waals surface area contributed by atoms with Crippen molar-refractivity contribution >= 4 is 22.9 Å². The number of nitrogen functional groups attached to an aromatic ring is 1. The summed E-state index contributed by atoms with van der Waals surface area (Å²) < 4.78 is 12.6. The van der Waals surface area contributed by atoms with Gasteiger partial charge in [0.25, 0.3) is 0 Å². The molecule has 2 fully saturated rings. The first-order valence-corrected chi connectivity index (χ1v) is 6.89. The van der Waals surface area contributed by atoms with E-state index in [1.165, 1.54) is 0 Å². The van der Waals surface area contributed by atoms with E-state index >= 15 is 0 Å². The van der Waals surface area contributed by atoms with Crippen molar-refractivity contribution in [2.75, 3.05) is 24.3 Å². The molecule has 4 N–H and O–H groups in total. The lowest BCUT2D eigenvalue weighted by molar-refractivity contribution is -0.0980. The number of hydrogen-bond donors (Lipinski definition) is 3. The Labute approximate surface area is 120 Å². The van der Waals surface area contributed by atoms with Crippen LogP contribution >= 0.6 is 0 Å². The molecule has 9 nitrogen and oxygen atoms in total. The number of ether oxygens (including phenoxy) is 2. The third-order valence-electron chi connectivity index (χ3n) is 3.55. The number of aliphatic hydroxyl groups is 1. The molecule has 9 heteroatoms. The fourth-order valence-electron chi connectivity index (χ4n) is 2.35. The Morgan fingerprint density at radius 2 is 2.29 bits per heavy atom. The van der Waals surface area contributed by atoms with E-state index in [9.17, 15) is 0 Å². The number of hydrogen-bond acceptors (Lipinski definition) is 8. The summed E-state index contributed by atoms with van der Waals surface area (Å²) in [5.41, 5.74) is 7.04. The van der Waals surface area contributed by atoms with Gasteiger partial charge in [0.2, 0.25) is 5.95 Å². The molecule has 1 aliphatic heterocycles. The minimum absolute atomic E-state index is 0.185. The van der Waals surface area contributed by atoms with E-state index in [2.05, 4.69) is 20.3 Å². The van der Waals surface area contributed by atoms with Crippen molar-refractivity contribution in [3.63, 3.8) is 0 Å². The van der Waals surface area contributed by atoms with Gasteiger partial charge in [-0.3, -0.25) is 4.57 Å². The highest BCUT2D eigenvalue weighted by Gasteiger charge is 2.29. The Morgan fingerprint density at radius 3 is 3.00 bits per heavy atom. The maximum Gasteiger partial charge on any atom is 0.224 e. The van der Waals surface area contributed by atoms with Crippen LogP contribution in [0.1, 0.15) is 19.1 Å². The van der Waals surface area contributed by atoms with Crippen LogP contribution in [0, 0.1) is 0 Å². The lowest BCUT2D eigenvalue weighted by Crippen LogP contribution is -2.15. The average molecular weight is 292 g/mol. The Hall–Kier alpha value is -1.97. The van der Waals surface area contributed by atoms with Gasteiger partial charge in [-0.15, -0.1) is 0 Å². The van der Waals surface area contributed by atoms with Crippen molar-refractivity contribution in [1.82, 2.24) is 19.5 Å². The number of nitrogens with two attached hydrogens (primary N) is 1. The molecule has 0 spiro atoms. The van der Waals surface area contributed by atoms with Gasteiger partial charge in [-0.2, -0.15) is 9.97 Å². The second kappa shape index (κ2) is 4.79. The molecule has 4 rings (SSSR count). The summed E-state index contributed by atoms with van der Waals surface area (Å²) in [6.45, 7) is 0.140. The number of imidazole rings is 1. The second-order valence-electron chi connectivity index (χ2n) is 5.21. The van der Waals surface area contributed by atoms with Crippen molar-refractivity contribution in [3.8, 4) is 0 Å². The Bertz CT molecular complexity index is 670. The van der Waals surface area contributed by atoms with E-state index < -0.39 is 6.29 Å². The summed E-state index contributed by atoms with van der Waals surface area (Å²) in [5.74, 6) is 0.835. The number of rotatable bonds is 4. The van der Waals surface area contributed by atoms with Crippen LogP contribution in [0.2, 0.25) is 0 Å². The number of nitrogens with one attached hydrogen (secondary N) is 1. The van der Waals surface area contributed by atoms with Gasteiger partial charge in [0.15, 0.2) is 29.5 Å². The topological polar surface area (TPSA) is 120 Å². The molecule has 1 aliphatic carbocycles. The summed E-state index contributed by atoms with van der Waals surface area (Å²) >= 11 is 0. The lowest BCUT2D eigenvalue weighted by Gasteiger charge is -2.12. The second-order valence-corrected chi connectivity index (χ2v) is 5.21. The lowest BCUT2D eigenvalue weighted by atomic mass is 10.4. The van der Waals surface area contributed by atoms with E-state index in [-0.39, 0.29) is 18.8 Å². The molecule has 3 heterocycles. The highest BCUT2D eigenvalue weighted by Crippen LogP contribution is 2.30. The highest BCUT2D eigenvalue weighted by molar-refractivity contribution is 5.84. The van der Waals surface area contributed by atoms with Gasteiger partial charge >= 0.3 is 0 Å². The van der Waals surface area contributed by atoms with Gasteiger partial charge in [-0.25, -0.2) is 4.98 Å². The van der Waals surface area contributed by atoms with Gasteiger partial charge in [0.05, 0.1) is 19.5 Å². The molecule has 112 valence electrons. The van der Waals surface area contributed by atoms with E-state index in [4.69, 9.17) is 20.3 Å². The largest absolute Gasteiger partial charge is 0.391 e. The van der Waals surface area contributed by atoms with Crippen molar-refractivity contribution < 1.29 is 14.6 Å². The summed E-state index contributed by atoms with van der Waals surface area (Å²) in [7, 11) is 0. The molecule has 1 saturated heterocycles. The summed E-state index contributed by atoms with van der Waals surface area (Å²) in [5, 5.41) is 12.4. The van der Waals surface area contributed by atoms with Gasteiger partial charge in [0.1, 0.15) is 0 Å². The monoisotopic (exact) mass is 292 g/mol. The predicted octanol–water partition coefficient (Wildman–Crippen LogP) is -0.153. The third kappa shape index (κ3) is 2.28. The van der Waals surface area contributed by atoms with Crippen LogP contribution < -0.4 is 11.1 Å². The zero-order valence-corrected chi connectivity index (χ0v) is 11.3. The molecule has 0 amide bonds. The Balaban J connectivity index is 1.71. The fraction of sp³-hybridized carbons (Fsp3) is 0.583. The number of fused-ring (bicyclic) bond motifs is 1. The van der Waals surface area contributed by atoms with Gasteiger partial charge in [-0.1, -0.05) is 0 Å². The zero-order chi connectivity index (χ0) is 14.4.